The van der Waals surface area contributed by atoms with Crippen LogP contribution in [0.3, 0.4) is 0 Å². The Labute approximate surface area is 202 Å². The van der Waals surface area contributed by atoms with Crippen LogP contribution in [0.15, 0.2) is 42.5 Å². The van der Waals surface area contributed by atoms with Crippen molar-refractivity contribution >= 4 is 23.4 Å². The first-order chi connectivity index (χ1) is 16.6. The van der Waals surface area contributed by atoms with Gasteiger partial charge in [0.15, 0.2) is 0 Å². The average Bonchev–Trinajstić information content (AvgIpc) is 3.31. The van der Waals surface area contributed by atoms with Crippen LogP contribution in [-0.4, -0.2) is 51.2 Å². The number of carbonyl (C=O) groups excluding carboxylic acids is 2. The van der Waals surface area contributed by atoms with Gasteiger partial charge in [-0.15, -0.1) is 0 Å². The first-order valence-electron chi connectivity index (χ1n) is 11.3. The molecule has 3 atom stereocenters. The molecule has 1 saturated heterocycles. The van der Waals surface area contributed by atoms with E-state index in [9.17, 15) is 24.8 Å². The number of rotatable bonds is 5. The molecule has 0 saturated carbocycles. The predicted molar refractivity (Wildman–Crippen MR) is 125 cm³/mol. The topological polar surface area (TPSA) is 157 Å². The summed E-state index contributed by atoms with van der Waals surface area (Å²) in [6.45, 7) is 3.68. The third kappa shape index (κ3) is 4.85. The molecule has 35 heavy (non-hydrogen) atoms. The van der Waals surface area contributed by atoms with Crippen molar-refractivity contribution in [3.05, 3.63) is 63.7 Å². The molecule has 2 amide bonds. The van der Waals surface area contributed by atoms with Crippen molar-refractivity contribution in [2.45, 2.75) is 57.1 Å². The Balaban J connectivity index is 1.52. The lowest BCUT2D eigenvalue weighted by atomic mass is 9.86. The van der Waals surface area contributed by atoms with Crippen LogP contribution in [0.2, 0.25) is 0 Å². The Morgan fingerprint density at radius 1 is 1.31 bits per heavy atom. The number of likely N-dealkylation sites (tertiary alicyclic amines) is 1. The van der Waals surface area contributed by atoms with E-state index in [1.807, 2.05) is 30.3 Å². The van der Waals surface area contributed by atoms with E-state index in [0.29, 0.717) is 24.9 Å². The molecule has 2 aromatic rings. The van der Waals surface area contributed by atoms with Crippen LogP contribution in [0.1, 0.15) is 43.9 Å². The lowest BCUT2D eigenvalue weighted by Crippen LogP contribution is -2.56. The van der Waals surface area contributed by atoms with E-state index >= 15 is 0 Å². The SMILES string of the molecule is CC1(C)Oc2cc([N+](=O)[O-])c(N)cc2[C@@H](NC(=O)[C@@H]2CCCN2C(=O)OCc2ccccc2)[C@@H]1O. The number of amides is 2. The van der Waals surface area contributed by atoms with Crippen molar-refractivity contribution in [1.82, 2.24) is 10.2 Å². The van der Waals surface area contributed by atoms with E-state index in [1.165, 1.54) is 17.0 Å². The summed E-state index contributed by atoms with van der Waals surface area (Å²) >= 11 is 0. The second-order valence-corrected chi connectivity index (χ2v) is 9.23. The molecule has 0 bridgehead atoms. The molecule has 11 nitrogen and oxygen atoms in total. The second kappa shape index (κ2) is 9.41. The van der Waals surface area contributed by atoms with Crippen LogP contribution in [0.5, 0.6) is 5.75 Å². The second-order valence-electron chi connectivity index (χ2n) is 9.23. The molecular formula is C24H28N4O7. The molecule has 0 spiro atoms. The fraction of sp³-hybridized carbons (Fsp3) is 0.417. The van der Waals surface area contributed by atoms with E-state index in [2.05, 4.69) is 5.32 Å². The minimum absolute atomic E-state index is 0.0861. The Kier molecular flexibility index (Phi) is 6.53. The summed E-state index contributed by atoms with van der Waals surface area (Å²) in [6, 6.07) is 10.0. The molecule has 2 aliphatic heterocycles. The maximum absolute atomic E-state index is 13.3. The fourth-order valence-corrected chi connectivity index (χ4v) is 4.47. The normalized spacial score (nSPS) is 22.6. The lowest BCUT2D eigenvalue weighted by molar-refractivity contribution is -0.384. The molecule has 2 aliphatic rings. The largest absolute Gasteiger partial charge is 0.484 e. The zero-order chi connectivity index (χ0) is 25.3. The van der Waals surface area contributed by atoms with Crippen LogP contribution < -0.4 is 15.8 Å². The zero-order valence-electron chi connectivity index (χ0n) is 19.5. The molecule has 0 aromatic heterocycles. The van der Waals surface area contributed by atoms with Crippen LogP contribution in [-0.2, 0) is 16.1 Å². The number of nitro benzene ring substituents is 1. The fourth-order valence-electron chi connectivity index (χ4n) is 4.47. The van der Waals surface area contributed by atoms with Gasteiger partial charge in [-0.2, -0.15) is 0 Å². The lowest BCUT2D eigenvalue weighted by Gasteiger charge is -2.42. The molecule has 0 radical (unpaired) electrons. The van der Waals surface area contributed by atoms with Gasteiger partial charge < -0.3 is 25.6 Å². The summed E-state index contributed by atoms with van der Waals surface area (Å²) in [5.41, 5.74) is 5.41. The van der Waals surface area contributed by atoms with Gasteiger partial charge in [-0.3, -0.25) is 19.8 Å². The molecule has 186 valence electrons. The van der Waals surface area contributed by atoms with Gasteiger partial charge in [0.25, 0.3) is 5.69 Å². The minimum Gasteiger partial charge on any atom is -0.484 e. The number of fused-ring (bicyclic) bond motifs is 1. The number of carbonyl (C=O) groups is 2. The Morgan fingerprint density at radius 3 is 2.71 bits per heavy atom. The first kappa shape index (κ1) is 24.3. The van der Waals surface area contributed by atoms with E-state index in [4.69, 9.17) is 15.2 Å². The molecule has 0 unspecified atom stereocenters. The van der Waals surface area contributed by atoms with Crippen LogP contribution in [0, 0.1) is 10.1 Å². The minimum atomic E-state index is -1.18. The Morgan fingerprint density at radius 2 is 2.03 bits per heavy atom. The first-order valence-corrected chi connectivity index (χ1v) is 11.3. The Hall–Kier alpha value is -3.86. The standard InChI is InChI=1S/C24H28N4O7/c1-24(2)21(29)20(15-11-16(25)18(28(32)33)12-19(15)35-24)26-22(30)17-9-6-10-27(17)23(31)34-13-14-7-4-3-5-8-14/h3-5,7-8,11-12,17,20-21,29H,6,9-10,13,25H2,1-2H3,(H,26,30)/t17-,20+,21-/m0/s1. The van der Waals surface area contributed by atoms with Gasteiger partial charge in [-0.1, -0.05) is 30.3 Å². The summed E-state index contributed by atoms with van der Waals surface area (Å²) in [5, 5.41) is 25.1. The Bertz CT molecular complexity index is 1140. The molecule has 0 aliphatic carbocycles. The van der Waals surface area contributed by atoms with E-state index in [-0.39, 0.29) is 23.7 Å². The van der Waals surface area contributed by atoms with Gasteiger partial charge in [-0.25, -0.2) is 4.79 Å². The third-order valence-corrected chi connectivity index (χ3v) is 6.38. The van der Waals surface area contributed by atoms with Gasteiger partial charge in [-0.05, 0) is 38.3 Å². The van der Waals surface area contributed by atoms with Crippen molar-refractivity contribution in [1.29, 1.82) is 0 Å². The van der Waals surface area contributed by atoms with Crippen molar-refractivity contribution in [2.24, 2.45) is 0 Å². The monoisotopic (exact) mass is 484 g/mol. The van der Waals surface area contributed by atoms with Crippen molar-refractivity contribution in [3.63, 3.8) is 0 Å². The zero-order valence-corrected chi connectivity index (χ0v) is 19.5. The number of ether oxygens (including phenoxy) is 2. The molecule has 2 heterocycles. The van der Waals surface area contributed by atoms with Gasteiger partial charge in [0.1, 0.15) is 35.8 Å². The summed E-state index contributed by atoms with van der Waals surface area (Å²) in [7, 11) is 0. The number of aliphatic hydroxyl groups excluding tert-OH is 1. The van der Waals surface area contributed by atoms with Crippen molar-refractivity contribution < 1.29 is 29.1 Å². The van der Waals surface area contributed by atoms with Crippen LogP contribution >= 0.6 is 0 Å². The highest BCUT2D eigenvalue weighted by Crippen LogP contribution is 2.43. The molecule has 11 heteroatoms. The molecule has 1 fully saturated rings. The number of aliphatic hydroxyl groups is 1. The van der Waals surface area contributed by atoms with Crippen molar-refractivity contribution in [3.8, 4) is 5.75 Å². The molecule has 4 N–H and O–H groups in total. The highest BCUT2D eigenvalue weighted by atomic mass is 16.6. The number of benzene rings is 2. The molecule has 2 aromatic carbocycles. The maximum Gasteiger partial charge on any atom is 0.410 e. The van der Waals surface area contributed by atoms with E-state index in [1.54, 1.807) is 13.8 Å². The summed E-state index contributed by atoms with van der Waals surface area (Å²) in [6.07, 6.45) is -0.723. The quantitative estimate of drug-likeness (QED) is 0.332. The van der Waals surface area contributed by atoms with Gasteiger partial charge >= 0.3 is 6.09 Å². The number of anilines is 1. The van der Waals surface area contributed by atoms with Gasteiger partial charge in [0.05, 0.1) is 17.0 Å². The van der Waals surface area contributed by atoms with Gasteiger partial charge in [0.2, 0.25) is 5.91 Å². The number of nitro groups is 1. The molecule has 4 rings (SSSR count). The number of hydrogen-bond donors (Lipinski definition) is 3. The summed E-state index contributed by atoms with van der Waals surface area (Å²) < 4.78 is 11.2. The average molecular weight is 485 g/mol. The summed E-state index contributed by atoms with van der Waals surface area (Å²) in [5.74, 6) is -0.319. The highest BCUT2D eigenvalue weighted by Gasteiger charge is 2.46. The smallest absolute Gasteiger partial charge is 0.410 e. The van der Waals surface area contributed by atoms with E-state index < -0.39 is 40.7 Å². The third-order valence-electron chi connectivity index (χ3n) is 6.38. The van der Waals surface area contributed by atoms with Crippen LogP contribution in [0.25, 0.3) is 0 Å². The number of nitrogen functional groups attached to an aromatic ring is 1. The number of nitrogens with two attached hydrogens (primary N) is 1. The van der Waals surface area contributed by atoms with Gasteiger partial charge in [0, 0.05) is 12.1 Å². The van der Waals surface area contributed by atoms with E-state index in [0.717, 1.165) is 5.56 Å². The maximum atomic E-state index is 13.3. The number of nitrogens with one attached hydrogen (secondary N) is 1. The predicted octanol–water partition coefficient (Wildman–Crippen LogP) is 2.67. The van der Waals surface area contributed by atoms with Crippen molar-refractivity contribution in [2.75, 3.05) is 12.3 Å². The highest BCUT2D eigenvalue weighted by molar-refractivity contribution is 5.87. The summed E-state index contributed by atoms with van der Waals surface area (Å²) in [4.78, 5) is 38.1. The molecular weight excluding hydrogens is 456 g/mol. The van der Waals surface area contributed by atoms with Crippen LogP contribution in [0.4, 0.5) is 16.2 Å². The number of hydrogen-bond acceptors (Lipinski definition) is 8. The number of nitrogens with zero attached hydrogens (tertiary/aromatic N) is 2.